The highest BCUT2D eigenvalue weighted by Crippen LogP contribution is 2.27. The first-order valence-electron chi connectivity index (χ1n) is 8.83. The monoisotopic (exact) mass is 468 g/mol. The van der Waals surface area contributed by atoms with Crippen molar-refractivity contribution in [2.24, 2.45) is 0 Å². The maximum atomic E-state index is 11.7. The summed E-state index contributed by atoms with van der Waals surface area (Å²) in [6, 6.07) is 26.2. The maximum Gasteiger partial charge on any atom is 0.134 e. The van der Waals surface area contributed by atoms with E-state index in [0.29, 0.717) is 13.0 Å². The number of hydrogen-bond donors (Lipinski definition) is 0. The van der Waals surface area contributed by atoms with Gasteiger partial charge < -0.3 is 4.74 Å². The van der Waals surface area contributed by atoms with Crippen LogP contribution in [0, 0.1) is 3.57 Å². The van der Waals surface area contributed by atoms with Crippen LogP contribution in [0.1, 0.15) is 30.0 Å². The van der Waals surface area contributed by atoms with Gasteiger partial charge in [0.05, 0.1) is 0 Å². The average molecular weight is 468 g/mol. The van der Waals surface area contributed by atoms with Gasteiger partial charge in [-0.05, 0) is 70.0 Å². The van der Waals surface area contributed by atoms with E-state index in [2.05, 4.69) is 40.8 Å². The van der Waals surface area contributed by atoms with E-state index in [4.69, 9.17) is 4.74 Å². The molecule has 136 valence electrons. The highest BCUT2D eigenvalue weighted by Gasteiger charge is 2.07. The zero-order valence-electron chi connectivity index (χ0n) is 15.2. The molecule has 0 amide bonds. The van der Waals surface area contributed by atoms with Gasteiger partial charge in [-0.15, -0.1) is 0 Å². The summed E-state index contributed by atoms with van der Waals surface area (Å²) < 4.78 is 7.00. The van der Waals surface area contributed by atoms with Crippen LogP contribution in [0.5, 0.6) is 5.75 Å². The summed E-state index contributed by atoms with van der Waals surface area (Å²) in [6.45, 7) is 2.17. The Morgan fingerprint density at radius 3 is 2.26 bits per heavy atom. The second-order valence-electron chi connectivity index (χ2n) is 6.37. The number of carbonyl (C=O) groups excluding carboxylic acids is 1. The van der Waals surface area contributed by atoms with Gasteiger partial charge in [0.25, 0.3) is 0 Å². The Kier molecular flexibility index (Phi) is 6.82. The number of carbonyl (C=O) groups is 1. The van der Waals surface area contributed by atoms with E-state index in [0.717, 1.165) is 31.6 Å². The molecule has 0 aliphatic heterocycles. The molecule has 0 radical (unpaired) electrons. The van der Waals surface area contributed by atoms with Crippen molar-refractivity contribution in [3.8, 4) is 5.75 Å². The van der Waals surface area contributed by atoms with Crippen molar-refractivity contribution >= 4 is 40.0 Å². The first-order valence-corrected chi connectivity index (χ1v) is 9.91. The van der Waals surface area contributed by atoms with Gasteiger partial charge in [-0.25, -0.2) is 0 Å². The fourth-order valence-electron chi connectivity index (χ4n) is 2.80. The molecule has 0 heterocycles. The second-order valence-corrected chi connectivity index (χ2v) is 7.53. The molecule has 0 spiro atoms. The predicted molar refractivity (Wildman–Crippen MR) is 120 cm³/mol. The zero-order valence-corrected chi connectivity index (χ0v) is 17.3. The smallest absolute Gasteiger partial charge is 0.134 e. The minimum Gasteiger partial charge on any atom is -0.489 e. The van der Waals surface area contributed by atoms with Crippen LogP contribution in [0.3, 0.4) is 0 Å². The minimum atomic E-state index is 0.155. The van der Waals surface area contributed by atoms with Gasteiger partial charge in [-0.3, -0.25) is 4.79 Å². The van der Waals surface area contributed by atoms with Gasteiger partial charge in [-0.1, -0.05) is 66.7 Å². The van der Waals surface area contributed by atoms with E-state index >= 15 is 0 Å². The molecule has 0 fully saturated rings. The Hall–Kier alpha value is -2.40. The number of benzene rings is 3. The van der Waals surface area contributed by atoms with Crippen molar-refractivity contribution in [1.82, 2.24) is 0 Å². The Morgan fingerprint density at radius 1 is 0.963 bits per heavy atom. The van der Waals surface area contributed by atoms with E-state index in [1.807, 2.05) is 66.7 Å². The van der Waals surface area contributed by atoms with Crippen LogP contribution < -0.4 is 4.74 Å². The standard InChI is InChI=1S/C24H21IO2/c1-18(26)14-22(20-10-6-3-7-11-20)15-21-12-13-23(16-24(21)25)27-17-19-8-4-2-5-9-19/h2-13,15-16H,14,17H2,1H3/b22-15-. The number of Topliss-reactive ketones (excluding diaryl/α,β-unsaturated/α-hetero) is 1. The van der Waals surface area contributed by atoms with Crippen molar-refractivity contribution in [3.63, 3.8) is 0 Å². The number of ketones is 1. The second kappa shape index (κ2) is 9.51. The Labute approximate surface area is 174 Å². The summed E-state index contributed by atoms with van der Waals surface area (Å²) in [4.78, 5) is 11.7. The molecule has 0 saturated carbocycles. The van der Waals surface area contributed by atoms with Crippen LogP contribution in [0.4, 0.5) is 0 Å². The largest absolute Gasteiger partial charge is 0.489 e. The Balaban J connectivity index is 1.81. The number of allylic oxidation sites excluding steroid dienone is 1. The van der Waals surface area contributed by atoms with Gasteiger partial charge >= 0.3 is 0 Å². The fourth-order valence-corrected chi connectivity index (χ4v) is 3.44. The molecule has 3 heteroatoms. The van der Waals surface area contributed by atoms with Crippen LogP contribution >= 0.6 is 22.6 Å². The quantitative estimate of drug-likeness (QED) is 0.297. The molecule has 27 heavy (non-hydrogen) atoms. The molecular weight excluding hydrogens is 447 g/mol. The summed E-state index contributed by atoms with van der Waals surface area (Å²) in [5.74, 6) is 0.996. The normalized spacial score (nSPS) is 11.3. The lowest BCUT2D eigenvalue weighted by Gasteiger charge is -2.10. The van der Waals surface area contributed by atoms with Crippen molar-refractivity contribution in [2.75, 3.05) is 0 Å². The predicted octanol–water partition coefficient (Wildman–Crippen LogP) is 6.39. The maximum absolute atomic E-state index is 11.7. The SMILES string of the molecule is CC(=O)C/C(=C/c1ccc(OCc2ccccc2)cc1I)c1ccccc1. The van der Waals surface area contributed by atoms with Crippen molar-refractivity contribution < 1.29 is 9.53 Å². The lowest BCUT2D eigenvalue weighted by molar-refractivity contribution is -0.116. The molecule has 0 atom stereocenters. The minimum absolute atomic E-state index is 0.155. The van der Waals surface area contributed by atoms with Crippen molar-refractivity contribution in [3.05, 3.63) is 99.1 Å². The van der Waals surface area contributed by atoms with Crippen LogP contribution in [-0.4, -0.2) is 5.78 Å². The summed E-state index contributed by atoms with van der Waals surface area (Å²) in [7, 11) is 0. The Bertz CT molecular complexity index is 931. The average Bonchev–Trinajstić information content (AvgIpc) is 2.69. The van der Waals surface area contributed by atoms with Gasteiger partial charge in [0.2, 0.25) is 0 Å². The summed E-state index contributed by atoms with van der Waals surface area (Å²) in [5.41, 5.74) is 4.33. The molecule has 3 aromatic carbocycles. The highest BCUT2D eigenvalue weighted by atomic mass is 127. The molecule has 0 aromatic heterocycles. The third kappa shape index (κ3) is 5.79. The third-order valence-corrected chi connectivity index (χ3v) is 5.07. The fraction of sp³-hybridized carbons (Fsp3) is 0.125. The topological polar surface area (TPSA) is 26.3 Å². The molecule has 2 nitrogen and oxygen atoms in total. The van der Waals surface area contributed by atoms with Crippen LogP contribution in [-0.2, 0) is 11.4 Å². The number of halogens is 1. The third-order valence-electron chi connectivity index (χ3n) is 4.13. The zero-order chi connectivity index (χ0) is 19.1. The summed E-state index contributed by atoms with van der Waals surface area (Å²) in [6.07, 6.45) is 2.52. The van der Waals surface area contributed by atoms with Crippen LogP contribution in [0.15, 0.2) is 78.9 Å². The van der Waals surface area contributed by atoms with E-state index in [1.165, 1.54) is 0 Å². The number of hydrogen-bond acceptors (Lipinski definition) is 2. The van der Waals surface area contributed by atoms with Gasteiger partial charge in [-0.2, -0.15) is 0 Å². The molecule has 0 aliphatic rings. The highest BCUT2D eigenvalue weighted by molar-refractivity contribution is 14.1. The molecule has 0 unspecified atom stereocenters. The molecule has 0 saturated heterocycles. The molecule has 0 aliphatic carbocycles. The number of rotatable bonds is 7. The first kappa shape index (κ1) is 19.4. The van der Waals surface area contributed by atoms with E-state index in [9.17, 15) is 4.79 Å². The first-order chi connectivity index (χ1) is 13.1. The lowest BCUT2D eigenvalue weighted by atomic mass is 9.98. The molecule has 0 N–H and O–H groups in total. The van der Waals surface area contributed by atoms with Gasteiger partial charge in [0.1, 0.15) is 18.1 Å². The van der Waals surface area contributed by atoms with E-state index in [-0.39, 0.29) is 5.78 Å². The van der Waals surface area contributed by atoms with Crippen molar-refractivity contribution in [1.29, 1.82) is 0 Å². The number of ether oxygens (including phenoxy) is 1. The summed E-state index contributed by atoms with van der Waals surface area (Å²) in [5, 5.41) is 0. The molecule has 3 rings (SSSR count). The van der Waals surface area contributed by atoms with Crippen LogP contribution in [0.2, 0.25) is 0 Å². The summed E-state index contributed by atoms with van der Waals surface area (Å²) >= 11 is 2.32. The van der Waals surface area contributed by atoms with Gasteiger partial charge in [0, 0.05) is 9.99 Å². The molecule has 3 aromatic rings. The lowest BCUT2D eigenvalue weighted by Crippen LogP contribution is -1.96. The Morgan fingerprint density at radius 2 is 1.63 bits per heavy atom. The molecule has 0 bridgehead atoms. The van der Waals surface area contributed by atoms with Crippen LogP contribution in [0.25, 0.3) is 11.6 Å². The van der Waals surface area contributed by atoms with E-state index in [1.54, 1.807) is 6.92 Å². The van der Waals surface area contributed by atoms with E-state index < -0.39 is 0 Å². The van der Waals surface area contributed by atoms with Gasteiger partial charge in [0.15, 0.2) is 0 Å². The molecular formula is C24H21IO2. The van der Waals surface area contributed by atoms with Crippen molar-refractivity contribution in [2.45, 2.75) is 20.0 Å².